The van der Waals surface area contributed by atoms with Gasteiger partial charge in [-0.05, 0) is 57.9 Å². The fourth-order valence-electron chi connectivity index (χ4n) is 2.09. The van der Waals surface area contributed by atoms with Crippen molar-refractivity contribution < 1.29 is 13.2 Å². The highest BCUT2D eigenvalue weighted by Crippen LogP contribution is 2.24. The number of aryl methyl sites for hydroxylation is 2. The van der Waals surface area contributed by atoms with E-state index in [1.165, 1.54) is 0 Å². The second kappa shape index (κ2) is 6.77. The second-order valence-corrected chi connectivity index (χ2v) is 7.46. The molecule has 0 aliphatic carbocycles. The van der Waals surface area contributed by atoms with Crippen LogP contribution in [0.5, 0.6) is 0 Å². The smallest absolute Gasteiger partial charge is 0.241 e. The zero-order chi connectivity index (χ0) is 16.3. The van der Waals surface area contributed by atoms with Gasteiger partial charge >= 0.3 is 0 Å². The van der Waals surface area contributed by atoms with Crippen molar-refractivity contribution in [2.45, 2.75) is 45.1 Å². The summed E-state index contributed by atoms with van der Waals surface area (Å²) in [7, 11) is -1.99. The highest BCUT2D eigenvalue weighted by atomic mass is 32.2. The van der Waals surface area contributed by atoms with Gasteiger partial charge in [0, 0.05) is 25.9 Å². The Morgan fingerprint density at radius 2 is 1.71 bits per heavy atom. The summed E-state index contributed by atoms with van der Waals surface area (Å²) < 4.78 is 32.9. The summed E-state index contributed by atoms with van der Waals surface area (Å²) in [4.78, 5) is 0.344. The molecule has 0 unspecified atom stereocenters. The maximum atomic E-state index is 12.5. The van der Waals surface area contributed by atoms with E-state index in [9.17, 15) is 8.42 Å². The van der Waals surface area contributed by atoms with Crippen LogP contribution in [-0.2, 0) is 14.8 Å². The third-order valence-corrected chi connectivity index (χ3v) is 5.06. The third kappa shape index (κ3) is 4.69. The van der Waals surface area contributed by atoms with Gasteiger partial charge in [0.25, 0.3) is 0 Å². The van der Waals surface area contributed by atoms with Gasteiger partial charge in [0.15, 0.2) is 0 Å². The van der Waals surface area contributed by atoms with Gasteiger partial charge in [-0.1, -0.05) is 0 Å². The van der Waals surface area contributed by atoms with Gasteiger partial charge < -0.3 is 10.1 Å². The molecule has 1 rings (SSSR count). The summed E-state index contributed by atoms with van der Waals surface area (Å²) in [5.41, 5.74) is 1.85. The molecule has 0 aliphatic heterocycles. The standard InChI is InChI=1S/C15H26N2O3S/c1-7-16-13-8-11(2)14(12(3)9-13)21(18,19)17-10-15(4,5)20-6/h8-9,16-17H,7,10H2,1-6H3. The highest BCUT2D eigenvalue weighted by Gasteiger charge is 2.24. The van der Waals surface area contributed by atoms with Crippen molar-refractivity contribution in [2.24, 2.45) is 0 Å². The molecule has 0 spiro atoms. The van der Waals surface area contributed by atoms with E-state index in [0.717, 1.165) is 23.4 Å². The van der Waals surface area contributed by atoms with E-state index < -0.39 is 15.6 Å². The summed E-state index contributed by atoms with van der Waals surface area (Å²) >= 11 is 0. The zero-order valence-electron chi connectivity index (χ0n) is 13.7. The number of benzene rings is 1. The van der Waals surface area contributed by atoms with Gasteiger partial charge in [0.05, 0.1) is 10.5 Å². The lowest BCUT2D eigenvalue weighted by atomic mass is 10.1. The Morgan fingerprint density at radius 1 is 1.19 bits per heavy atom. The van der Waals surface area contributed by atoms with Crippen LogP contribution in [0.3, 0.4) is 0 Å². The van der Waals surface area contributed by atoms with E-state index in [4.69, 9.17) is 4.74 Å². The van der Waals surface area contributed by atoms with Crippen LogP contribution in [0.4, 0.5) is 5.69 Å². The molecule has 120 valence electrons. The molecule has 0 saturated heterocycles. The third-order valence-electron chi connectivity index (χ3n) is 3.35. The predicted molar refractivity (Wildman–Crippen MR) is 86.4 cm³/mol. The first kappa shape index (κ1) is 17.9. The SMILES string of the molecule is CCNc1cc(C)c(S(=O)(=O)NCC(C)(C)OC)c(C)c1. The Labute approximate surface area is 128 Å². The number of hydrogen-bond donors (Lipinski definition) is 2. The van der Waals surface area contributed by atoms with E-state index in [-0.39, 0.29) is 6.54 Å². The Kier molecular flexibility index (Phi) is 5.78. The fraction of sp³-hybridized carbons (Fsp3) is 0.600. The number of hydrogen-bond acceptors (Lipinski definition) is 4. The average Bonchev–Trinajstić information content (AvgIpc) is 2.36. The van der Waals surface area contributed by atoms with Crippen molar-refractivity contribution in [3.8, 4) is 0 Å². The minimum atomic E-state index is -3.55. The van der Waals surface area contributed by atoms with Crippen LogP contribution in [0.25, 0.3) is 0 Å². The summed E-state index contributed by atoms with van der Waals surface area (Å²) in [5.74, 6) is 0. The first-order valence-corrected chi connectivity index (χ1v) is 8.51. The molecule has 2 N–H and O–H groups in total. The van der Waals surface area contributed by atoms with Crippen molar-refractivity contribution in [1.29, 1.82) is 0 Å². The second-order valence-electron chi connectivity index (χ2n) is 5.76. The van der Waals surface area contributed by atoms with Crippen LogP contribution in [-0.4, -0.2) is 34.2 Å². The normalized spacial score (nSPS) is 12.5. The Hall–Kier alpha value is -1.11. The van der Waals surface area contributed by atoms with Crippen molar-refractivity contribution in [2.75, 3.05) is 25.5 Å². The first-order chi connectivity index (χ1) is 9.63. The monoisotopic (exact) mass is 314 g/mol. The number of nitrogens with one attached hydrogen (secondary N) is 2. The molecule has 0 saturated carbocycles. The summed E-state index contributed by atoms with van der Waals surface area (Å²) in [5, 5.41) is 3.20. The van der Waals surface area contributed by atoms with Gasteiger partial charge in [-0.3, -0.25) is 0 Å². The van der Waals surface area contributed by atoms with Gasteiger partial charge in [0.1, 0.15) is 0 Å². The van der Waals surface area contributed by atoms with Gasteiger partial charge in [0.2, 0.25) is 10.0 Å². The molecule has 5 nitrogen and oxygen atoms in total. The fourth-order valence-corrected chi connectivity index (χ4v) is 3.74. The highest BCUT2D eigenvalue weighted by molar-refractivity contribution is 7.89. The topological polar surface area (TPSA) is 67.4 Å². The number of anilines is 1. The van der Waals surface area contributed by atoms with Crippen LogP contribution >= 0.6 is 0 Å². The molecule has 1 aromatic rings. The largest absolute Gasteiger partial charge is 0.385 e. The minimum Gasteiger partial charge on any atom is -0.385 e. The Balaban J connectivity index is 3.09. The number of methoxy groups -OCH3 is 1. The van der Waals surface area contributed by atoms with E-state index in [1.54, 1.807) is 7.11 Å². The van der Waals surface area contributed by atoms with Crippen LogP contribution < -0.4 is 10.0 Å². The molecule has 6 heteroatoms. The molecule has 21 heavy (non-hydrogen) atoms. The van der Waals surface area contributed by atoms with Crippen molar-refractivity contribution in [3.63, 3.8) is 0 Å². The Bertz CT molecular complexity index is 572. The molecule has 0 atom stereocenters. The maximum Gasteiger partial charge on any atom is 0.241 e. The molecule has 0 aliphatic rings. The van der Waals surface area contributed by atoms with Crippen LogP contribution in [0.1, 0.15) is 31.9 Å². The molecule has 0 fully saturated rings. The Morgan fingerprint density at radius 3 is 2.14 bits per heavy atom. The van der Waals surface area contributed by atoms with Crippen LogP contribution in [0.2, 0.25) is 0 Å². The average molecular weight is 314 g/mol. The lowest BCUT2D eigenvalue weighted by Gasteiger charge is -2.23. The number of rotatable bonds is 7. The van der Waals surface area contributed by atoms with Crippen molar-refractivity contribution in [3.05, 3.63) is 23.3 Å². The molecule has 0 amide bonds. The van der Waals surface area contributed by atoms with Gasteiger partial charge in [-0.15, -0.1) is 0 Å². The van der Waals surface area contributed by atoms with Crippen molar-refractivity contribution >= 4 is 15.7 Å². The summed E-state index contributed by atoms with van der Waals surface area (Å²) in [6, 6.07) is 3.71. The van der Waals surface area contributed by atoms with E-state index in [0.29, 0.717) is 4.90 Å². The predicted octanol–water partition coefficient (Wildman–Crippen LogP) is 2.44. The summed E-state index contributed by atoms with van der Waals surface area (Å²) in [6.07, 6.45) is 0. The first-order valence-electron chi connectivity index (χ1n) is 7.03. The molecule has 0 heterocycles. The van der Waals surface area contributed by atoms with E-state index in [2.05, 4.69) is 10.0 Å². The van der Waals surface area contributed by atoms with Gasteiger partial charge in [-0.25, -0.2) is 13.1 Å². The molecule has 1 aromatic carbocycles. The van der Waals surface area contributed by atoms with E-state index >= 15 is 0 Å². The molecule has 0 bridgehead atoms. The molecular formula is C15H26N2O3S. The van der Waals surface area contributed by atoms with E-state index in [1.807, 2.05) is 46.8 Å². The van der Waals surface area contributed by atoms with Crippen molar-refractivity contribution in [1.82, 2.24) is 4.72 Å². The molecule has 0 radical (unpaired) electrons. The van der Waals surface area contributed by atoms with Crippen LogP contribution in [0, 0.1) is 13.8 Å². The molecular weight excluding hydrogens is 288 g/mol. The quantitative estimate of drug-likeness (QED) is 0.811. The van der Waals surface area contributed by atoms with Gasteiger partial charge in [-0.2, -0.15) is 0 Å². The number of ether oxygens (including phenoxy) is 1. The maximum absolute atomic E-state index is 12.5. The minimum absolute atomic E-state index is 0.222. The van der Waals surface area contributed by atoms with Crippen LogP contribution in [0.15, 0.2) is 17.0 Å². The summed E-state index contributed by atoms with van der Waals surface area (Å²) in [6.45, 7) is 10.3. The zero-order valence-corrected chi connectivity index (χ0v) is 14.5. The molecule has 0 aromatic heterocycles. The lowest BCUT2D eigenvalue weighted by Crippen LogP contribution is -2.40. The lowest BCUT2D eigenvalue weighted by molar-refractivity contribution is 0.0276. The number of sulfonamides is 1.